The highest BCUT2D eigenvalue weighted by Gasteiger charge is 2.21. The lowest BCUT2D eigenvalue weighted by molar-refractivity contribution is -0.117. The van der Waals surface area contributed by atoms with Gasteiger partial charge in [0.15, 0.2) is 0 Å². The van der Waals surface area contributed by atoms with Crippen molar-refractivity contribution in [3.8, 4) is 0 Å². The number of nitrogens with one attached hydrogen (secondary N) is 2. The lowest BCUT2D eigenvalue weighted by Gasteiger charge is -2.21. The molecule has 1 aromatic rings. The molecule has 1 saturated heterocycles. The summed E-state index contributed by atoms with van der Waals surface area (Å²) in [5.41, 5.74) is 0.950. The lowest BCUT2D eigenvalue weighted by atomic mass is 9.92. The Morgan fingerprint density at radius 3 is 2.71 bits per heavy atom. The average Bonchev–Trinajstić information content (AvgIpc) is 2.75. The van der Waals surface area contributed by atoms with Crippen molar-refractivity contribution in [2.24, 2.45) is 5.41 Å². The van der Waals surface area contributed by atoms with Gasteiger partial charge in [-0.15, -0.1) is 0 Å². The molecule has 0 spiro atoms. The highest BCUT2D eigenvalue weighted by atomic mass is 35.5. The van der Waals surface area contributed by atoms with Crippen LogP contribution in [0.2, 0.25) is 5.02 Å². The van der Waals surface area contributed by atoms with E-state index in [1.165, 1.54) is 0 Å². The van der Waals surface area contributed by atoms with Crippen molar-refractivity contribution >= 4 is 29.1 Å². The second-order valence-electron chi connectivity index (χ2n) is 7.38. The first-order valence-corrected chi connectivity index (χ1v) is 8.73. The Labute approximate surface area is 148 Å². The zero-order chi connectivity index (χ0) is 17.7. The number of anilines is 1. The molecule has 5 nitrogen and oxygen atoms in total. The number of halogens is 1. The molecule has 1 aromatic carbocycles. The van der Waals surface area contributed by atoms with Crippen LogP contribution in [0.5, 0.6) is 0 Å². The smallest absolute Gasteiger partial charge is 0.255 e. The van der Waals surface area contributed by atoms with Gasteiger partial charge in [0, 0.05) is 31.7 Å². The maximum Gasteiger partial charge on any atom is 0.255 e. The maximum atomic E-state index is 12.7. The van der Waals surface area contributed by atoms with E-state index >= 15 is 0 Å². The minimum absolute atomic E-state index is 0.0674. The zero-order valence-corrected chi connectivity index (χ0v) is 15.4. The molecular formula is C18H26ClN3O2. The molecule has 1 heterocycles. The van der Waals surface area contributed by atoms with E-state index < -0.39 is 0 Å². The highest BCUT2D eigenvalue weighted by molar-refractivity contribution is 6.34. The van der Waals surface area contributed by atoms with Crippen LogP contribution in [0.15, 0.2) is 18.2 Å². The Hall–Kier alpha value is -1.59. The van der Waals surface area contributed by atoms with Crippen molar-refractivity contribution in [3.63, 3.8) is 0 Å². The molecule has 0 bridgehead atoms. The van der Waals surface area contributed by atoms with E-state index in [9.17, 15) is 9.59 Å². The minimum Gasteiger partial charge on any atom is -0.337 e. The molecule has 2 N–H and O–H groups in total. The van der Waals surface area contributed by atoms with E-state index in [1.807, 2.05) is 25.7 Å². The van der Waals surface area contributed by atoms with E-state index in [0.29, 0.717) is 35.8 Å². The van der Waals surface area contributed by atoms with Crippen LogP contribution in [0.3, 0.4) is 0 Å². The van der Waals surface area contributed by atoms with Gasteiger partial charge in [0.2, 0.25) is 5.91 Å². The Bertz CT molecular complexity index is 603. The summed E-state index contributed by atoms with van der Waals surface area (Å²) >= 11 is 6.22. The number of amides is 2. The summed E-state index contributed by atoms with van der Waals surface area (Å²) in [6.07, 6.45) is 1.34. The van der Waals surface area contributed by atoms with Crippen molar-refractivity contribution in [1.82, 2.24) is 10.2 Å². The molecule has 1 fully saturated rings. The number of hydrogen-bond donors (Lipinski definition) is 2. The fraction of sp³-hybridized carbons (Fsp3) is 0.556. The molecule has 0 aliphatic carbocycles. The zero-order valence-electron chi connectivity index (χ0n) is 14.6. The van der Waals surface area contributed by atoms with Crippen LogP contribution in [0.4, 0.5) is 5.69 Å². The standard InChI is InChI=1S/C18H26ClN3O2/c1-18(2,3)12-16(23)21-13-5-6-15(19)14(11-13)17(24)22-9-4-7-20-8-10-22/h5-6,11,20H,4,7-10,12H2,1-3H3,(H,21,23). The number of nitrogens with zero attached hydrogens (tertiary/aromatic N) is 1. The van der Waals surface area contributed by atoms with Crippen molar-refractivity contribution in [3.05, 3.63) is 28.8 Å². The van der Waals surface area contributed by atoms with Gasteiger partial charge in [0.05, 0.1) is 10.6 Å². The van der Waals surface area contributed by atoms with E-state index in [4.69, 9.17) is 11.6 Å². The SMILES string of the molecule is CC(C)(C)CC(=O)Nc1ccc(Cl)c(C(=O)N2CCCNCC2)c1. The number of rotatable bonds is 3. The van der Waals surface area contributed by atoms with Crippen LogP contribution in [0.1, 0.15) is 44.0 Å². The third kappa shape index (κ3) is 5.49. The van der Waals surface area contributed by atoms with Crippen molar-refractivity contribution in [2.75, 3.05) is 31.5 Å². The second-order valence-corrected chi connectivity index (χ2v) is 7.78. The highest BCUT2D eigenvalue weighted by Crippen LogP contribution is 2.24. The number of carbonyl (C=O) groups is 2. The van der Waals surface area contributed by atoms with E-state index in [0.717, 1.165) is 19.5 Å². The first kappa shape index (κ1) is 18.7. The number of carbonyl (C=O) groups excluding carboxylic acids is 2. The predicted octanol–water partition coefficient (Wildman–Crippen LogP) is 3.15. The van der Waals surface area contributed by atoms with Crippen molar-refractivity contribution in [2.45, 2.75) is 33.6 Å². The third-order valence-electron chi connectivity index (χ3n) is 3.80. The number of hydrogen-bond acceptors (Lipinski definition) is 3. The summed E-state index contributed by atoms with van der Waals surface area (Å²) in [5, 5.41) is 6.54. The van der Waals surface area contributed by atoms with Gasteiger partial charge in [-0.25, -0.2) is 0 Å². The fourth-order valence-corrected chi connectivity index (χ4v) is 2.87. The summed E-state index contributed by atoms with van der Waals surface area (Å²) in [6, 6.07) is 5.06. The fourth-order valence-electron chi connectivity index (χ4n) is 2.67. The quantitative estimate of drug-likeness (QED) is 0.879. The molecular weight excluding hydrogens is 326 g/mol. The molecule has 1 aliphatic heterocycles. The van der Waals surface area contributed by atoms with Crippen LogP contribution in [0, 0.1) is 5.41 Å². The summed E-state index contributed by atoms with van der Waals surface area (Å²) in [7, 11) is 0. The van der Waals surface area contributed by atoms with Gasteiger partial charge >= 0.3 is 0 Å². The van der Waals surface area contributed by atoms with Gasteiger partial charge < -0.3 is 15.5 Å². The summed E-state index contributed by atoms with van der Waals surface area (Å²) in [4.78, 5) is 26.6. The van der Waals surface area contributed by atoms with E-state index in [2.05, 4.69) is 10.6 Å². The van der Waals surface area contributed by atoms with E-state index in [-0.39, 0.29) is 17.2 Å². The molecule has 1 aliphatic rings. The minimum atomic E-state index is -0.0891. The molecule has 2 rings (SSSR count). The average molecular weight is 352 g/mol. The van der Waals surface area contributed by atoms with Crippen LogP contribution in [0.25, 0.3) is 0 Å². The Morgan fingerprint density at radius 2 is 2.00 bits per heavy atom. The summed E-state index contributed by atoms with van der Waals surface area (Å²) in [5.74, 6) is -0.155. The summed E-state index contributed by atoms with van der Waals surface area (Å²) in [6.45, 7) is 9.11. The van der Waals surface area contributed by atoms with Crippen LogP contribution in [-0.4, -0.2) is 42.9 Å². The van der Waals surface area contributed by atoms with Gasteiger partial charge in [0.25, 0.3) is 5.91 Å². The van der Waals surface area contributed by atoms with E-state index in [1.54, 1.807) is 18.2 Å². The van der Waals surface area contributed by atoms with Gasteiger partial charge in [0.1, 0.15) is 0 Å². The predicted molar refractivity (Wildman–Crippen MR) is 97.5 cm³/mol. The van der Waals surface area contributed by atoms with Crippen molar-refractivity contribution in [1.29, 1.82) is 0 Å². The lowest BCUT2D eigenvalue weighted by Crippen LogP contribution is -2.34. The molecule has 0 unspecified atom stereocenters. The molecule has 0 aromatic heterocycles. The molecule has 6 heteroatoms. The van der Waals surface area contributed by atoms with Gasteiger partial charge in [-0.3, -0.25) is 9.59 Å². The van der Waals surface area contributed by atoms with Crippen molar-refractivity contribution < 1.29 is 9.59 Å². The first-order valence-electron chi connectivity index (χ1n) is 8.36. The Balaban J connectivity index is 2.12. The molecule has 0 radical (unpaired) electrons. The molecule has 132 valence electrons. The normalized spacial score (nSPS) is 15.8. The van der Waals surface area contributed by atoms with Crippen LogP contribution in [-0.2, 0) is 4.79 Å². The Morgan fingerprint density at radius 1 is 1.25 bits per heavy atom. The monoisotopic (exact) mass is 351 g/mol. The third-order valence-corrected chi connectivity index (χ3v) is 4.13. The number of benzene rings is 1. The molecule has 0 atom stereocenters. The molecule has 0 saturated carbocycles. The van der Waals surface area contributed by atoms with Gasteiger partial charge in [-0.05, 0) is 36.6 Å². The Kier molecular flexibility index (Phi) is 6.24. The second kappa shape index (κ2) is 7.99. The first-order chi connectivity index (χ1) is 11.3. The topological polar surface area (TPSA) is 61.4 Å². The molecule has 24 heavy (non-hydrogen) atoms. The van der Waals surface area contributed by atoms with Crippen LogP contribution < -0.4 is 10.6 Å². The maximum absolute atomic E-state index is 12.7. The summed E-state index contributed by atoms with van der Waals surface area (Å²) < 4.78 is 0. The largest absolute Gasteiger partial charge is 0.337 e. The molecule has 2 amide bonds. The van der Waals surface area contributed by atoms with Gasteiger partial charge in [-0.2, -0.15) is 0 Å². The van der Waals surface area contributed by atoms with Gasteiger partial charge in [-0.1, -0.05) is 32.4 Å². The van der Waals surface area contributed by atoms with Crippen LogP contribution >= 0.6 is 11.6 Å².